The summed E-state index contributed by atoms with van der Waals surface area (Å²) in [6.07, 6.45) is 4.83. The van der Waals surface area contributed by atoms with Crippen molar-refractivity contribution in [2.24, 2.45) is 0 Å². The van der Waals surface area contributed by atoms with E-state index in [2.05, 4.69) is 10.3 Å². The van der Waals surface area contributed by atoms with E-state index in [-0.39, 0.29) is 5.17 Å². The highest BCUT2D eigenvalue weighted by Crippen LogP contribution is 2.30. The highest BCUT2D eigenvalue weighted by Gasteiger charge is 2.19. The SMILES string of the molecule is S=C(Nc1ccc(Cl)cc1)O[C@@H](Cn1ccnc1)c1ccc(Cl)cc1Cl. The number of imidazole rings is 1. The predicted octanol–water partition coefficient (Wildman–Crippen LogP) is 6.00. The molecule has 0 aliphatic rings. The van der Waals surface area contributed by atoms with Gasteiger partial charge in [-0.05, 0) is 48.6 Å². The van der Waals surface area contributed by atoms with Gasteiger partial charge in [-0.25, -0.2) is 4.98 Å². The largest absolute Gasteiger partial charge is 0.461 e. The summed E-state index contributed by atoms with van der Waals surface area (Å²) < 4.78 is 7.87. The molecule has 26 heavy (non-hydrogen) atoms. The first-order valence-electron chi connectivity index (χ1n) is 7.65. The predicted molar refractivity (Wildman–Crippen MR) is 110 cm³/mol. The first kappa shape index (κ1) is 19.0. The number of ether oxygens (including phenoxy) is 1. The molecule has 134 valence electrons. The monoisotopic (exact) mass is 425 g/mol. The average molecular weight is 427 g/mol. The Bertz CT molecular complexity index is 885. The Hall–Kier alpha value is -1.79. The van der Waals surface area contributed by atoms with Crippen LogP contribution in [0.15, 0.2) is 61.2 Å². The average Bonchev–Trinajstić information content (AvgIpc) is 3.09. The van der Waals surface area contributed by atoms with Gasteiger partial charge in [-0.15, -0.1) is 0 Å². The summed E-state index contributed by atoms with van der Waals surface area (Å²) in [7, 11) is 0. The Morgan fingerprint density at radius 1 is 1.12 bits per heavy atom. The molecule has 1 aromatic heterocycles. The first-order valence-corrected chi connectivity index (χ1v) is 9.19. The van der Waals surface area contributed by atoms with E-state index in [0.717, 1.165) is 11.3 Å². The normalized spacial score (nSPS) is 11.8. The third-order valence-corrected chi connectivity index (χ3v) is 4.60. The summed E-state index contributed by atoms with van der Waals surface area (Å²) in [5, 5.41) is 4.98. The van der Waals surface area contributed by atoms with Gasteiger partial charge in [0, 0.05) is 38.7 Å². The second-order valence-electron chi connectivity index (χ2n) is 5.45. The molecule has 0 spiro atoms. The topological polar surface area (TPSA) is 39.1 Å². The summed E-state index contributed by atoms with van der Waals surface area (Å²) in [5.41, 5.74) is 1.56. The van der Waals surface area contributed by atoms with Crippen molar-refractivity contribution in [1.29, 1.82) is 0 Å². The zero-order valence-corrected chi connectivity index (χ0v) is 16.5. The van der Waals surface area contributed by atoms with Gasteiger partial charge in [0.2, 0.25) is 0 Å². The van der Waals surface area contributed by atoms with E-state index < -0.39 is 6.10 Å². The Balaban J connectivity index is 1.78. The van der Waals surface area contributed by atoms with Gasteiger partial charge >= 0.3 is 0 Å². The van der Waals surface area contributed by atoms with Crippen molar-refractivity contribution in [2.45, 2.75) is 12.6 Å². The van der Waals surface area contributed by atoms with Crippen LogP contribution >= 0.6 is 47.0 Å². The smallest absolute Gasteiger partial charge is 0.261 e. The minimum Gasteiger partial charge on any atom is -0.461 e. The van der Waals surface area contributed by atoms with Gasteiger partial charge < -0.3 is 14.6 Å². The van der Waals surface area contributed by atoms with E-state index >= 15 is 0 Å². The number of anilines is 1. The van der Waals surface area contributed by atoms with Gasteiger partial charge in [0.05, 0.1) is 12.9 Å². The number of rotatable bonds is 5. The number of halogens is 3. The third kappa shape index (κ3) is 5.11. The van der Waals surface area contributed by atoms with Crippen LogP contribution in [-0.2, 0) is 11.3 Å². The number of nitrogens with one attached hydrogen (secondary N) is 1. The zero-order chi connectivity index (χ0) is 18.5. The minimum absolute atomic E-state index is 0.225. The minimum atomic E-state index is -0.415. The molecule has 8 heteroatoms. The fourth-order valence-corrected chi connectivity index (χ4v) is 3.25. The van der Waals surface area contributed by atoms with Crippen molar-refractivity contribution in [2.75, 3.05) is 5.32 Å². The second-order valence-corrected chi connectivity index (χ2v) is 7.10. The lowest BCUT2D eigenvalue weighted by Crippen LogP contribution is -2.20. The van der Waals surface area contributed by atoms with Crippen LogP contribution in [0.5, 0.6) is 0 Å². The van der Waals surface area contributed by atoms with E-state index in [0.29, 0.717) is 21.6 Å². The molecule has 0 amide bonds. The fourth-order valence-electron chi connectivity index (χ4n) is 2.36. The zero-order valence-electron chi connectivity index (χ0n) is 13.4. The lowest BCUT2D eigenvalue weighted by molar-refractivity contribution is 0.175. The molecule has 0 bridgehead atoms. The maximum Gasteiger partial charge on any atom is 0.261 e. The van der Waals surface area contributed by atoms with Crippen LogP contribution in [0.25, 0.3) is 0 Å². The quantitative estimate of drug-likeness (QED) is 0.508. The number of hydrogen-bond acceptors (Lipinski definition) is 3. The molecule has 0 aliphatic carbocycles. The molecule has 1 N–H and O–H groups in total. The lowest BCUT2D eigenvalue weighted by Gasteiger charge is -2.22. The molecular formula is C18H14Cl3N3OS. The molecule has 4 nitrogen and oxygen atoms in total. The van der Waals surface area contributed by atoms with Gasteiger partial charge in [0.15, 0.2) is 0 Å². The van der Waals surface area contributed by atoms with Crippen molar-refractivity contribution < 1.29 is 4.74 Å². The van der Waals surface area contributed by atoms with Crippen LogP contribution in [0, 0.1) is 0 Å². The van der Waals surface area contributed by atoms with E-state index in [1.807, 2.05) is 29.0 Å². The van der Waals surface area contributed by atoms with Gasteiger partial charge in [0.1, 0.15) is 6.10 Å². The van der Waals surface area contributed by atoms with Crippen LogP contribution in [0.1, 0.15) is 11.7 Å². The molecule has 2 aromatic carbocycles. The fraction of sp³-hybridized carbons (Fsp3) is 0.111. The molecule has 1 atom stereocenters. The molecule has 3 rings (SSSR count). The Morgan fingerprint density at radius 2 is 1.85 bits per heavy atom. The van der Waals surface area contributed by atoms with Crippen molar-refractivity contribution in [3.8, 4) is 0 Å². The highest BCUT2D eigenvalue weighted by molar-refractivity contribution is 7.80. The maximum absolute atomic E-state index is 6.36. The number of hydrogen-bond donors (Lipinski definition) is 1. The molecule has 0 fully saturated rings. The Morgan fingerprint density at radius 3 is 2.50 bits per heavy atom. The first-order chi connectivity index (χ1) is 12.5. The van der Waals surface area contributed by atoms with Gasteiger partial charge in [-0.2, -0.15) is 0 Å². The van der Waals surface area contributed by atoms with Gasteiger partial charge in [-0.3, -0.25) is 0 Å². The summed E-state index contributed by atoms with van der Waals surface area (Å²) in [6.45, 7) is 0.490. The molecule has 0 radical (unpaired) electrons. The summed E-state index contributed by atoms with van der Waals surface area (Å²) in [5.74, 6) is 0. The molecular weight excluding hydrogens is 413 g/mol. The summed E-state index contributed by atoms with van der Waals surface area (Å²) in [4.78, 5) is 4.05. The van der Waals surface area contributed by atoms with Crippen LogP contribution in [0.4, 0.5) is 5.69 Å². The Labute approximate surface area is 171 Å². The van der Waals surface area contributed by atoms with Crippen molar-refractivity contribution in [3.05, 3.63) is 81.8 Å². The Kier molecular flexibility index (Phi) is 6.38. The number of thiocarbonyl (C=S) groups is 1. The van der Waals surface area contributed by atoms with Crippen molar-refractivity contribution in [1.82, 2.24) is 9.55 Å². The van der Waals surface area contributed by atoms with E-state index in [1.165, 1.54) is 0 Å². The van der Waals surface area contributed by atoms with Crippen LogP contribution in [-0.4, -0.2) is 14.7 Å². The van der Waals surface area contributed by atoms with Crippen molar-refractivity contribution >= 4 is 57.9 Å². The number of benzene rings is 2. The second kappa shape index (κ2) is 8.73. The lowest BCUT2D eigenvalue weighted by atomic mass is 10.1. The van der Waals surface area contributed by atoms with E-state index in [1.54, 1.807) is 36.8 Å². The number of nitrogens with zero attached hydrogens (tertiary/aromatic N) is 2. The van der Waals surface area contributed by atoms with Crippen molar-refractivity contribution in [3.63, 3.8) is 0 Å². The van der Waals surface area contributed by atoms with E-state index in [4.69, 9.17) is 51.8 Å². The van der Waals surface area contributed by atoms with E-state index in [9.17, 15) is 0 Å². The molecule has 0 unspecified atom stereocenters. The maximum atomic E-state index is 6.36. The molecule has 1 heterocycles. The van der Waals surface area contributed by atoms with Gasteiger partial charge in [0.25, 0.3) is 5.17 Å². The van der Waals surface area contributed by atoms with Crippen LogP contribution in [0.2, 0.25) is 15.1 Å². The van der Waals surface area contributed by atoms with Gasteiger partial charge in [-0.1, -0.05) is 40.9 Å². The molecule has 3 aromatic rings. The molecule has 0 saturated carbocycles. The molecule has 0 aliphatic heterocycles. The number of aromatic nitrogens is 2. The summed E-state index contributed by atoms with van der Waals surface area (Å²) in [6, 6.07) is 12.5. The van der Waals surface area contributed by atoms with Crippen LogP contribution in [0.3, 0.4) is 0 Å². The van der Waals surface area contributed by atoms with Crippen LogP contribution < -0.4 is 5.32 Å². The highest BCUT2D eigenvalue weighted by atomic mass is 35.5. The summed E-state index contributed by atoms with van der Waals surface area (Å²) >= 11 is 23.6. The third-order valence-electron chi connectivity index (χ3n) is 3.59. The molecule has 0 saturated heterocycles. The standard InChI is InChI=1S/C18H14Cl3N3OS/c19-12-1-4-14(5-2-12)23-18(26)25-17(10-24-8-7-22-11-24)15-6-3-13(20)9-16(15)21/h1-9,11,17H,10H2,(H,23,26)/t17-/m0/s1.